The van der Waals surface area contributed by atoms with Gasteiger partial charge >= 0.3 is 6.03 Å². The number of carbonyl (C=O) groups excluding carboxylic acids is 1. The van der Waals surface area contributed by atoms with E-state index >= 15 is 0 Å². The van der Waals surface area contributed by atoms with Gasteiger partial charge in [-0.3, -0.25) is 0 Å². The number of urea groups is 1. The van der Waals surface area contributed by atoms with Gasteiger partial charge in [0.15, 0.2) is 0 Å². The third-order valence-corrected chi connectivity index (χ3v) is 4.37. The Morgan fingerprint density at radius 2 is 1.85 bits per heavy atom. The highest BCUT2D eigenvalue weighted by Gasteiger charge is 2.08. The highest BCUT2D eigenvalue weighted by atomic mass is 32.1. The first-order valence-corrected chi connectivity index (χ1v) is 7.67. The normalized spacial score (nSPS) is 11.9. The molecule has 0 bridgehead atoms. The predicted molar refractivity (Wildman–Crippen MR) is 83.9 cm³/mol. The zero-order valence-corrected chi connectivity index (χ0v) is 12.7. The Hall–Kier alpha value is -1.81. The smallest absolute Gasteiger partial charge is 0.315 e. The van der Waals surface area contributed by atoms with Crippen molar-refractivity contribution < 1.29 is 4.79 Å². The van der Waals surface area contributed by atoms with Crippen LogP contribution in [0.4, 0.5) is 4.79 Å². The maximum atomic E-state index is 11.9. The molecule has 0 aliphatic heterocycles. The fourth-order valence-electron chi connectivity index (χ4n) is 1.95. The Morgan fingerprint density at radius 3 is 2.50 bits per heavy atom. The molecule has 2 amide bonds. The van der Waals surface area contributed by atoms with Crippen LogP contribution < -0.4 is 10.6 Å². The highest BCUT2D eigenvalue weighted by Crippen LogP contribution is 2.16. The van der Waals surface area contributed by atoms with E-state index in [1.54, 1.807) is 11.3 Å². The van der Waals surface area contributed by atoms with Gasteiger partial charge in [-0.1, -0.05) is 37.3 Å². The number of rotatable bonds is 5. The van der Waals surface area contributed by atoms with Crippen LogP contribution in [-0.2, 0) is 13.0 Å². The topological polar surface area (TPSA) is 41.1 Å². The van der Waals surface area contributed by atoms with Gasteiger partial charge in [-0.05, 0) is 31.0 Å². The van der Waals surface area contributed by atoms with E-state index in [1.165, 1.54) is 9.75 Å². The molecule has 1 aromatic heterocycles. The fourth-order valence-corrected chi connectivity index (χ4v) is 2.85. The summed E-state index contributed by atoms with van der Waals surface area (Å²) in [5.74, 6) is 0. The van der Waals surface area contributed by atoms with Crippen LogP contribution in [0.1, 0.15) is 35.2 Å². The number of thiophene rings is 1. The molecule has 0 radical (unpaired) electrons. The van der Waals surface area contributed by atoms with Crippen molar-refractivity contribution in [3.63, 3.8) is 0 Å². The second-order valence-corrected chi connectivity index (χ2v) is 5.93. The first-order chi connectivity index (χ1) is 9.69. The summed E-state index contributed by atoms with van der Waals surface area (Å²) in [6.45, 7) is 4.70. The van der Waals surface area contributed by atoms with Gasteiger partial charge in [0.2, 0.25) is 0 Å². The molecule has 2 rings (SSSR count). The number of aryl methyl sites for hydroxylation is 1. The van der Waals surface area contributed by atoms with Crippen LogP contribution in [-0.4, -0.2) is 6.03 Å². The van der Waals surface area contributed by atoms with E-state index in [2.05, 4.69) is 29.7 Å². The SMILES string of the molecule is CCc1ccc(CNC(=O)NC(C)c2ccccc2)s1. The highest BCUT2D eigenvalue weighted by molar-refractivity contribution is 7.11. The van der Waals surface area contributed by atoms with Gasteiger partial charge in [0.05, 0.1) is 12.6 Å². The molecule has 0 saturated carbocycles. The summed E-state index contributed by atoms with van der Waals surface area (Å²) in [5.41, 5.74) is 1.10. The van der Waals surface area contributed by atoms with Gasteiger partial charge in [-0.15, -0.1) is 11.3 Å². The Bertz CT molecular complexity index is 551. The molecular weight excluding hydrogens is 268 g/mol. The quantitative estimate of drug-likeness (QED) is 0.861. The number of amides is 2. The minimum atomic E-state index is -0.132. The van der Waals surface area contributed by atoms with Crippen molar-refractivity contribution in [3.8, 4) is 0 Å². The van der Waals surface area contributed by atoms with Gasteiger partial charge in [-0.2, -0.15) is 0 Å². The zero-order chi connectivity index (χ0) is 14.4. The monoisotopic (exact) mass is 288 g/mol. The summed E-state index contributed by atoms with van der Waals surface area (Å²) < 4.78 is 0. The van der Waals surface area contributed by atoms with E-state index in [0.717, 1.165) is 12.0 Å². The van der Waals surface area contributed by atoms with Crippen molar-refractivity contribution in [1.29, 1.82) is 0 Å². The molecule has 4 heteroatoms. The van der Waals surface area contributed by atoms with Crippen molar-refractivity contribution in [2.24, 2.45) is 0 Å². The van der Waals surface area contributed by atoms with Crippen LogP contribution in [0.25, 0.3) is 0 Å². The van der Waals surface area contributed by atoms with Gasteiger partial charge in [0.25, 0.3) is 0 Å². The minimum absolute atomic E-state index is 0.00531. The number of hydrogen-bond donors (Lipinski definition) is 2. The molecule has 1 atom stereocenters. The molecule has 0 fully saturated rings. The number of hydrogen-bond acceptors (Lipinski definition) is 2. The standard InChI is InChI=1S/C16H20N2OS/c1-3-14-9-10-15(20-14)11-17-16(19)18-12(2)13-7-5-4-6-8-13/h4-10,12H,3,11H2,1-2H3,(H2,17,18,19). The lowest BCUT2D eigenvalue weighted by Gasteiger charge is -2.14. The Labute approximate surface area is 124 Å². The Kier molecular flexibility index (Phi) is 5.18. The second-order valence-electron chi connectivity index (χ2n) is 4.68. The molecule has 1 heterocycles. The maximum Gasteiger partial charge on any atom is 0.315 e. The molecule has 2 aromatic rings. The molecule has 20 heavy (non-hydrogen) atoms. The minimum Gasteiger partial charge on any atom is -0.333 e. The molecule has 0 spiro atoms. The Morgan fingerprint density at radius 1 is 1.15 bits per heavy atom. The predicted octanol–water partition coefficient (Wildman–Crippen LogP) is 3.87. The summed E-state index contributed by atoms with van der Waals surface area (Å²) in [6.07, 6.45) is 1.04. The van der Waals surface area contributed by atoms with Crippen molar-refractivity contribution >= 4 is 17.4 Å². The molecule has 0 aliphatic carbocycles. The van der Waals surface area contributed by atoms with E-state index in [1.807, 2.05) is 37.3 Å². The molecular formula is C16H20N2OS. The molecule has 0 saturated heterocycles. The van der Waals surface area contributed by atoms with E-state index in [0.29, 0.717) is 6.54 Å². The third kappa shape index (κ3) is 4.10. The van der Waals surface area contributed by atoms with Crippen molar-refractivity contribution in [1.82, 2.24) is 10.6 Å². The van der Waals surface area contributed by atoms with Gasteiger partial charge in [0.1, 0.15) is 0 Å². The van der Waals surface area contributed by atoms with Crippen LogP contribution in [0.2, 0.25) is 0 Å². The number of nitrogens with one attached hydrogen (secondary N) is 2. The molecule has 1 unspecified atom stereocenters. The van der Waals surface area contributed by atoms with Crippen LogP contribution in [0.15, 0.2) is 42.5 Å². The van der Waals surface area contributed by atoms with Gasteiger partial charge in [0, 0.05) is 9.75 Å². The van der Waals surface area contributed by atoms with Crippen LogP contribution >= 0.6 is 11.3 Å². The zero-order valence-electron chi connectivity index (χ0n) is 11.8. The lowest BCUT2D eigenvalue weighted by Crippen LogP contribution is -2.36. The maximum absolute atomic E-state index is 11.9. The molecule has 106 valence electrons. The van der Waals surface area contributed by atoms with Crippen LogP contribution in [0, 0.1) is 0 Å². The van der Waals surface area contributed by atoms with E-state index in [-0.39, 0.29) is 12.1 Å². The summed E-state index contributed by atoms with van der Waals surface area (Å²) >= 11 is 1.75. The fraction of sp³-hybridized carbons (Fsp3) is 0.312. The lowest BCUT2D eigenvalue weighted by molar-refractivity contribution is 0.237. The van der Waals surface area contributed by atoms with E-state index in [9.17, 15) is 4.79 Å². The molecule has 3 nitrogen and oxygen atoms in total. The average molecular weight is 288 g/mol. The molecule has 2 N–H and O–H groups in total. The molecule has 1 aromatic carbocycles. The molecule has 0 aliphatic rings. The van der Waals surface area contributed by atoms with Crippen LogP contribution in [0.5, 0.6) is 0 Å². The van der Waals surface area contributed by atoms with Gasteiger partial charge < -0.3 is 10.6 Å². The first-order valence-electron chi connectivity index (χ1n) is 6.86. The van der Waals surface area contributed by atoms with E-state index < -0.39 is 0 Å². The number of carbonyl (C=O) groups is 1. The summed E-state index contributed by atoms with van der Waals surface area (Å²) in [4.78, 5) is 14.4. The summed E-state index contributed by atoms with van der Waals surface area (Å²) in [5, 5.41) is 5.84. The number of benzene rings is 1. The van der Waals surface area contributed by atoms with Crippen molar-refractivity contribution in [3.05, 3.63) is 57.8 Å². The summed E-state index contributed by atoms with van der Waals surface area (Å²) in [6, 6.07) is 14.0. The Balaban J connectivity index is 1.80. The van der Waals surface area contributed by atoms with E-state index in [4.69, 9.17) is 0 Å². The average Bonchev–Trinajstić information content (AvgIpc) is 2.94. The van der Waals surface area contributed by atoms with Crippen LogP contribution in [0.3, 0.4) is 0 Å². The second kappa shape index (κ2) is 7.10. The first kappa shape index (κ1) is 14.6. The largest absolute Gasteiger partial charge is 0.333 e. The van der Waals surface area contributed by atoms with Crippen molar-refractivity contribution in [2.45, 2.75) is 32.9 Å². The van der Waals surface area contributed by atoms with Crippen molar-refractivity contribution in [2.75, 3.05) is 0 Å². The lowest BCUT2D eigenvalue weighted by atomic mass is 10.1. The van der Waals surface area contributed by atoms with Gasteiger partial charge in [-0.25, -0.2) is 4.79 Å². The summed E-state index contributed by atoms with van der Waals surface area (Å²) in [7, 11) is 0. The third-order valence-electron chi connectivity index (χ3n) is 3.14.